The van der Waals surface area contributed by atoms with Gasteiger partial charge in [-0.25, -0.2) is 0 Å². The fourth-order valence-corrected chi connectivity index (χ4v) is 1.78. The smallest absolute Gasteiger partial charge is 0.00952 e. The van der Waals surface area contributed by atoms with Crippen molar-refractivity contribution in [2.45, 2.75) is 58.4 Å². The molecule has 1 atom stereocenters. The van der Waals surface area contributed by atoms with Gasteiger partial charge in [-0.05, 0) is 38.1 Å². The van der Waals surface area contributed by atoms with Crippen LogP contribution in [-0.4, -0.2) is 12.6 Å². The second kappa shape index (κ2) is 5.58. The highest BCUT2D eigenvalue weighted by Crippen LogP contribution is 2.34. The highest BCUT2D eigenvalue weighted by molar-refractivity contribution is 4.85. The van der Waals surface area contributed by atoms with Gasteiger partial charge in [-0.15, -0.1) is 0 Å². The van der Waals surface area contributed by atoms with E-state index < -0.39 is 0 Å². The van der Waals surface area contributed by atoms with Gasteiger partial charge in [-0.2, -0.15) is 0 Å². The van der Waals surface area contributed by atoms with Gasteiger partial charge in [-0.3, -0.25) is 0 Å². The molecule has 1 aliphatic rings. The van der Waals surface area contributed by atoms with Gasteiger partial charge in [0.25, 0.3) is 0 Å². The van der Waals surface area contributed by atoms with E-state index in [9.17, 15) is 0 Å². The molecule has 0 aromatic rings. The van der Waals surface area contributed by atoms with Crippen molar-refractivity contribution < 1.29 is 0 Å². The van der Waals surface area contributed by atoms with Crippen LogP contribution in [0.25, 0.3) is 0 Å². The monoisotopic (exact) mass is 169 g/mol. The Morgan fingerprint density at radius 2 is 2.00 bits per heavy atom. The molecule has 0 bridgehead atoms. The highest BCUT2D eigenvalue weighted by Gasteiger charge is 2.29. The van der Waals surface area contributed by atoms with Gasteiger partial charge in [0.15, 0.2) is 0 Å². The van der Waals surface area contributed by atoms with E-state index in [4.69, 9.17) is 0 Å². The van der Waals surface area contributed by atoms with Crippen LogP contribution in [-0.2, 0) is 0 Å². The van der Waals surface area contributed by atoms with Gasteiger partial charge in [0.05, 0.1) is 0 Å². The van der Waals surface area contributed by atoms with Crippen LogP contribution < -0.4 is 5.32 Å². The third kappa shape index (κ3) is 3.57. The Morgan fingerprint density at radius 3 is 2.50 bits per heavy atom. The van der Waals surface area contributed by atoms with Crippen molar-refractivity contribution in [3.63, 3.8) is 0 Å². The van der Waals surface area contributed by atoms with Crippen molar-refractivity contribution in [1.82, 2.24) is 5.32 Å². The van der Waals surface area contributed by atoms with Crippen molar-refractivity contribution in [2.75, 3.05) is 6.54 Å². The summed E-state index contributed by atoms with van der Waals surface area (Å²) in [6.07, 6.45) is 8.33. The Morgan fingerprint density at radius 1 is 1.25 bits per heavy atom. The molecule has 72 valence electrons. The zero-order valence-electron chi connectivity index (χ0n) is 8.60. The predicted octanol–water partition coefficient (Wildman–Crippen LogP) is 2.95. The van der Waals surface area contributed by atoms with Gasteiger partial charge < -0.3 is 5.32 Å². The zero-order chi connectivity index (χ0) is 8.81. The summed E-state index contributed by atoms with van der Waals surface area (Å²) >= 11 is 0. The molecule has 1 aliphatic carbocycles. The standard InChI is InChI=1S/C11H23N/c1-3-5-9-12-11(6-4-2)10-7-8-10/h10-12H,3-9H2,1-2H3. The SMILES string of the molecule is CCCCNC(CCC)C1CC1. The summed E-state index contributed by atoms with van der Waals surface area (Å²) in [5.74, 6) is 1.03. The van der Waals surface area contributed by atoms with Gasteiger partial charge in [-0.1, -0.05) is 26.7 Å². The molecule has 12 heavy (non-hydrogen) atoms. The maximum absolute atomic E-state index is 3.68. The average Bonchev–Trinajstić information content (AvgIpc) is 2.86. The molecular formula is C11H23N. The van der Waals surface area contributed by atoms with Crippen LogP contribution in [0.2, 0.25) is 0 Å². The fraction of sp³-hybridized carbons (Fsp3) is 1.00. The molecule has 1 N–H and O–H groups in total. The molecule has 1 unspecified atom stereocenters. The molecule has 0 amide bonds. The van der Waals surface area contributed by atoms with Crippen molar-refractivity contribution in [3.05, 3.63) is 0 Å². The molecule has 1 rings (SSSR count). The molecule has 0 aromatic heterocycles. The number of nitrogens with one attached hydrogen (secondary N) is 1. The van der Waals surface area contributed by atoms with E-state index in [1.165, 1.54) is 45.1 Å². The first-order valence-corrected chi connectivity index (χ1v) is 5.61. The molecule has 0 aromatic carbocycles. The molecule has 0 spiro atoms. The zero-order valence-corrected chi connectivity index (χ0v) is 8.60. The molecule has 1 fully saturated rings. The fourth-order valence-electron chi connectivity index (χ4n) is 1.78. The van der Waals surface area contributed by atoms with Crippen LogP contribution in [0, 0.1) is 5.92 Å². The molecule has 0 saturated heterocycles. The Bertz CT molecular complexity index is 108. The van der Waals surface area contributed by atoms with Crippen LogP contribution in [0.4, 0.5) is 0 Å². The minimum atomic E-state index is 0.849. The summed E-state index contributed by atoms with van der Waals surface area (Å²) in [6.45, 7) is 5.78. The first kappa shape index (κ1) is 10.0. The number of hydrogen-bond acceptors (Lipinski definition) is 1. The summed E-state index contributed by atoms with van der Waals surface area (Å²) in [4.78, 5) is 0. The summed E-state index contributed by atoms with van der Waals surface area (Å²) in [7, 11) is 0. The maximum Gasteiger partial charge on any atom is 0.00952 e. The Hall–Kier alpha value is -0.0400. The summed E-state index contributed by atoms with van der Waals surface area (Å²) in [5.41, 5.74) is 0. The molecule has 0 aliphatic heterocycles. The van der Waals surface area contributed by atoms with Gasteiger partial charge in [0.1, 0.15) is 0 Å². The average molecular weight is 169 g/mol. The van der Waals surface area contributed by atoms with E-state index in [1.807, 2.05) is 0 Å². The lowest BCUT2D eigenvalue weighted by atomic mass is 10.1. The van der Waals surface area contributed by atoms with E-state index in [0.29, 0.717) is 0 Å². The summed E-state index contributed by atoms with van der Waals surface area (Å²) < 4.78 is 0. The van der Waals surface area contributed by atoms with Gasteiger partial charge >= 0.3 is 0 Å². The Kier molecular flexibility index (Phi) is 4.67. The van der Waals surface area contributed by atoms with Crippen LogP contribution in [0.5, 0.6) is 0 Å². The van der Waals surface area contributed by atoms with Crippen molar-refractivity contribution >= 4 is 0 Å². The highest BCUT2D eigenvalue weighted by atomic mass is 14.9. The maximum atomic E-state index is 3.68. The lowest BCUT2D eigenvalue weighted by Gasteiger charge is -2.16. The molecule has 0 heterocycles. The van der Waals surface area contributed by atoms with Crippen molar-refractivity contribution in [1.29, 1.82) is 0 Å². The van der Waals surface area contributed by atoms with E-state index in [1.54, 1.807) is 0 Å². The summed E-state index contributed by atoms with van der Waals surface area (Å²) in [6, 6.07) is 0.849. The Labute approximate surface area is 76.9 Å². The van der Waals surface area contributed by atoms with Crippen molar-refractivity contribution in [3.8, 4) is 0 Å². The van der Waals surface area contributed by atoms with Crippen LogP contribution >= 0.6 is 0 Å². The second-order valence-electron chi connectivity index (χ2n) is 4.04. The quantitative estimate of drug-likeness (QED) is 0.578. The van der Waals surface area contributed by atoms with Crippen molar-refractivity contribution in [2.24, 2.45) is 5.92 Å². The normalized spacial score (nSPS) is 19.5. The number of hydrogen-bond donors (Lipinski definition) is 1. The topological polar surface area (TPSA) is 12.0 Å². The second-order valence-corrected chi connectivity index (χ2v) is 4.04. The predicted molar refractivity (Wildman–Crippen MR) is 54.3 cm³/mol. The lowest BCUT2D eigenvalue weighted by molar-refractivity contribution is 0.427. The van der Waals surface area contributed by atoms with Crippen LogP contribution in [0.1, 0.15) is 52.4 Å². The largest absolute Gasteiger partial charge is 0.314 e. The van der Waals surface area contributed by atoms with Crippen LogP contribution in [0.15, 0.2) is 0 Å². The van der Waals surface area contributed by atoms with Crippen LogP contribution in [0.3, 0.4) is 0 Å². The minimum absolute atomic E-state index is 0.849. The first-order valence-electron chi connectivity index (χ1n) is 5.61. The van der Waals surface area contributed by atoms with E-state index in [0.717, 1.165) is 12.0 Å². The number of unbranched alkanes of at least 4 members (excludes halogenated alkanes) is 1. The lowest BCUT2D eigenvalue weighted by Crippen LogP contribution is -2.31. The Balaban J connectivity index is 2.05. The summed E-state index contributed by atoms with van der Waals surface area (Å²) in [5, 5.41) is 3.68. The minimum Gasteiger partial charge on any atom is -0.314 e. The van der Waals surface area contributed by atoms with E-state index in [-0.39, 0.29) is 0 Å². The van der Waals surface area contributed by atoms with Gasteiger partial charge in [0.2, 0.25) is 0 Å². The number of rotatable bonds is 7. The molecule has 1 nitrogen and oxygen atoms in total. The molecular weight excluding hydrogens is 146 g/mol. The molecule has 0 radical (unpaired) electrons. The van der Waals surface area contributed by atoms with Gasteiger partial charge in [0, 0.05) is 6.04 Å². The third-order valence-electron chi connectivity index (χ3n) is 2.73. The van der Waals surface area contributed by atoms with E-state index in [2.05, 4.69) is 19.2 Å². The molecule has 1 heteroatoms. The first-order chi connectivity index (χ1) is 5.88. The third-order valence-corrected chi connectivity index (χ3v) is 2.73. The molecule has 1 saturated carbocycles. The van der Waals surface area contributed by atoms with E-state index >= 15 is 0 Å².